The van der Waals surface area contributed by atoms with Crippen LogP contribution in [0.3, 0.4) is 0 Å². The number of hydrogen-bond donors (Lipinski definition) is 0. The van der Waals surface area contributed by atoms with Crippen molar-refractivity contribution in [3.63, 3.8) is 0 Å². The van der Waals surface area contributed by atoms with Crippen molar-refractivity contribution >= 4 is 23.6 Å². The van der Waals surface area contributed by atoms with Crippen LogP contribution in [0.15, 0.2) is 65.7 Å². The van der Waals surface area contributed by atoms with Crippen LogP contribution in [0, 0.1) is 5.41 Å². The molecule has 32 heavy (non-hydrogen) atoms. The SMILES string of the molecule is COC(=O)C(C)(C(=O)OC)[C@@H](N=C(c1ccccc1)c1ccccc1)C(=O)OC(C)(C)C. The summed E-state index contributed by atoms with van der Waals surface area (Å²) in [5, 5.41) is 0. The zero-order valence-electron chi connectivity index (χ0n) is 19.2. The molecule has 7 nitrogen and oxygen atoms in total. The highest BCUT2D eigenvalue weighted by atomic mass is 16.6. The second-order valence-corrected chi connectivity index (χ2v) is 8.33. The molecule has 0 unspecified atom stereocenters. The van der Waals surface area contributed by atoms with Gasteiger partial charge in [-0.2, -0.15) is 0 Å². The van der Waals surface area contributed by atoms with E-state index >= 15 is 0 Å². The first kappa shape index (κ1) is 24.8. The van der Waals surface area contributed by atoms with E-state index < -0.39 is 35.0 Å². The normalized spacial score (nSPS) is 12.3. The third-order valence-corrected chi connectivity index (χ3v) is 4.75. The average Bonchev–Trinajstić information content (AvgIpc) is 2.78. The third kappa shape index (κ3) is 5.60. The highest BCUT2D eigenvalue weighted by molar-refractivity contribution is 6.14. The van der Waals surface area contributed by atoms with E-state index in [4.69, 9.17) is 14.2 Å². The molecule has 2 aromatic rings. The Morgan fingerprint density at radius 1 is 0.750 bits per heavy atom. The minimum absolute atomic E-state index is 0.418. The van der Waals surface area contributed by atoms with Crippen molar-refractivity contribution in [1.29, 1.82) is 0 Å². The summed E-state index contributed by atoms with van der Waals surface area (Å²) in [6.07, 6.45) is 0. The first-order chi connectivity index (χ1) is 15.0. The summed E-state index contributed by atoms with van der Waals surface area (Å²) in [5.74, 6) is -2.76. The van der Waals surface area contributed by atoms with Gasteiger partial charge in [0.15, 0.2) is 11.5 Å². The highest BCUT2D eigenvalue weighted by Crippen LogP contribution is 2.31. The van der Waals surface area contributed by atoms with Gasteiger partial charge in [0, 0.05) is 11.1 Å². The van der Waals surface area contributed by atoms with Crippen LogP contribution in [-0.4, -0.2) is 49.5 Å². The fourth-order valence-corrected chi connectivity index (χ4v) is 3.14. The number of nitrogens with zero attached hydrogens (tertiary/aromatic N) is 1. The Hall–Kier alpha value is -3.48. The number of methoxy groups -OCH3 is 2. The zero-order chi connectivity index (χ0) is 23.9. The molecule has 7 heteroatoms. The first-order valence-corrected chi connectivity index (χ1v) is 10.1. The van der Waals surface area contributed by atoms with Crippen molar-refractivity contribution < 1.29 is 28.6 Å². The Kier molecular flexibility index (Phi) is 7.92. The van der Waals surface area contributed by atoms with Gasteiger partial charge in [0.1, 0.15) is 5.60 Å². The van der Waals surface area contributed by atoms with Crippen LogP contribution in [0.25, 0.3) is 0 Å². The lowest BCUT2D eigenvalue weighted by Gasteiger charge is -2.31. The van der Waals surface area contributed by atoms with Gasteiger partial charge in [-0.25, -0.2) is 4.79 Å². The smallest absolute Gasteiger partial charge is 0.333 e. The minimum atomic E-state index is -2.07. The molecule has 2 rings (SSSR count). The maximum Gasteiger partial charge on any atom is 0.333 e. The number of rotatable bonds is 7. The minimum Gasteiger partial charge on any atom is -0.468 e. The van der Waals surface area contributed by atoms with Gasteiger partial charge in [-0.05, 0) is 27.7 Å². The predicted molar refractivity (Wildman–Crippen MR) is 120 cm³/mol. The molecule has 170 valence electrons. The van der Waals surface area contributed by atoms with Crippen molar-refractivity contribution in [1.82, 2.24) is 0 Å². The van der Waals surface area contributed by atoms with Gasteiger partial charge in [0.05, 0.1) is 19.9 Å². The average molecular weight is 440 g/mol. The predicted octanol–water partition coefficient (Wildman–Crippen LogP) is 3.59. The fraction of sp³-hybridized carbons (Fsp3) is 0.360. The molecule has 1 atom stereocenters. The Balaban J connectivity index is 2.81. The summed E-state index contributed by atoms with van der Waals surface area (Å²) >= 11 is 0. The Morgan fingerprint density at radius 3 is 1.50 bits per heavy atom. The van der Waals surface area contributed by atoms with Crippen molar-refractivity contribution in [2.45, 2.75) is 39.3 Å². The Labute approximate surface area is 188 Å². The summed E-state index contributed by atoms with van der Waals surface area (Å²) < 4.78 is 15.3. The largest absolute Gasteiger partial charge is 0.468 e. The first-order valence-electron chi connectivity index (χ1n) is 10.1. The Bertz CT molecular complexity index is 919. The standard InChI is InChI=1S/C25H29NO6/c1-24(2,3)32-21(27)20(25(4,22(28)30-5)23(29)31-6)26-19(17-13-9-7-10-14-17)18-15-11-8-12-16-18/h7-16,20H,1-6H3/t20-/m0/s1. The number of benzene rings is 2. The maximum atomic E-state index is 13.3. The second-order valence-electron chi connectivity index (χ2n) is 8.33. The molecule has 2 aromatic carbocycles. The van der Waals surface area contributed by atoms with Gasteiger partial charge >= 0.3 is 17.9 Å². The van der Waals surface area contributed by atoms with E-state index in [1.165, 1.54) is 6.92 Å². The molecule has 0 heterocycles. The van der Waals surface area contributed by atoms with E-state index in [1.807, 2.05) is 60.7 Å². The third-order valence-electron chi connectivity index (χ3n) is 4.75. The van der Waals surface area contributed by atoms with Crippen LogP contribution in [-0.2, 0) is 28.6 Å². The van der Waals surface area contributed by atoms with Crippen molar-refractivity contribution in [3.05, 3.63) is 71.8 Å². The van der Waals surface area contributed by atoms with Crippen LogP contribution < -0.4 is 0 Å². The Morgan fingerprint density at radius 2 is 1.16 bits per heavy atom. The lowest BCUT2D eigenvalue weighted by atomic mass is 9.81. The summed E-state index contributed by atoms with van der Waals surface area (Å²) in [5.41, 5.74) is -1.13. The topological polar surface area (TPSA) is 91.3 Å². The molecule has 0 aliphatic rings. The number of ether oxygens (including phenoxy) is 3. The summed E-state index contributed by atoms with van der Waals surface area (Å²) in [6, 6.07) is 16.8. The van der Waals surface area contributed by atoms with Gasteiger partial charge in [-0.3, -0.25) is 14.6 Å². The quantitative estimate of drug-likeness (QED) is 0.283. The van der Waals surface area contributed by atoms with Crippen molar-refractivity contribution in [2.75, 3.05) is 14.2 Å². The lowest BCUT2D eigenvalue weighted by Crippen LogP contribution is -2.52. The van der Waals surface area contributed by atoms with Crippen LogP contribution in [0.1, 0.15) is 38.8 Å². The van der Waals surface area contributed by atoms with E-state index in [9.17, 15) is 14.4 Å². The van der Waals surface area contributed by atoms with E-state index in [0.29, 0.717) is 16.8 Å². The van der Waals surface area contributed by atoms with Crippen LogP contribution in [0.5, 0.6) is 0 Å². The summed E-state index contributed by atoms with van der Waals surface area (Å²) in [6.45, 7) is 6.34. The molecule has 0 spiro atoms. The van der Waals surface area contributed by atoms with Gasteiger partial charge in [0.2, 0.25) is 0 Å². The molecular formula is C25H29NO6. The molecule has 0 aliphatic carbocycles. The number of aliphatic imine (C=N–C) groups is 1. The molecule has 0 bridgehead atoms. The molecule has 0 N–H and O–H groups in total. The van der Waals surface area contributed by atoms with Crippen LogP contribution in [0.4, 0.5) is 0 Å². The van der Waals surface area contributed by atoms with E-state index in [2.05, 4.69) is 4.99 Å². The monoisotopic (exact) mass is 439 g/mol. The number of hydrogen-bond acceptors (Lipinski definition) is 7. The molecule has 0 saturated carbocycles. The number of esters is 3. The van der Waals surface area contributed by atoms with Gasteiger partial charge in [0.25, 0.3) is 0 Å². The molecule has 0 aliphatic heterocycles. The maximum absolute atomic E-state index is 13.3. The zero-order valence-corrected chi connectivity index (χ0v) is 19.2. The molecule has 0 amide bonds. The molecule has 0 radical (unpaired) electrons. The molecule has 0 saturated heterocycles. The highest BCUT2D eigenvalue weighted by Gasteiger charge is 2.55. The fourth-order valence-electron chi connectivity index (χ4n) is 3.14. The van der Waals surface area contributed by atoms with Crippen LogP contribution >= 0.6 is 0 Å². The molecule has 0 fully saturated rings. The lowest BCUT2D eigenvalue weighted by molar-refractivity contribution is -0.178. The number of carbonyl (C=O) groups is 3. The van der Waals surface area contributed by atoms with E-state index in [1.54, 1.807) is 20.8 Å². The molecule has 0 aromatic heterocycles. The summed E-state index contributed by atoms with van der Waals surface area (Å²) in [7, 11) is 2.27. The van der Waals surface area contributed by atoms with Gasteiger partial charge in [-0.1, -0.05) is 60.7 Å². The summed E-state index contributed by atoms with van der Waals surface area (Å²) in [4.78, 5) is 43.6. The number of carbonyl (C=O) groups excluding carboxylic acids is 3. The van der Waals surface area contributed by atoms with Crippen molar-refractivity contribution in [2.24, 2.45) is 10.4 Å². The van der Waals surface area contributed by atoms with Crippen molar-refractivity contribution in [3.8, 4) is 0 Å². The van der Waals surface area contributed by atoms with E-state index in [-0.39, 0.29) is 0 Å². The van der Waals surface area contributed by atoms with Crippen LogP contribution in [0.2, 0.25) is 0 Å². The van der Waals surface area contributed by atoms with Gasteiger partial charge < -0.3 is 14.2 Å². The van der Waals surface area contributed by atoms with Gasteiger partial charge in [-0.15, -0.1) is 0 Å². The molecular weight excluding hydrogens is 410 g/mol. The van der Waals surface area contributed by atoms with E-state index in [0.717, 1.165) is 14.2 Å². The second kappa shape index (κ2) is 10.2.